The number of aryl methyl sites for hydroxylation is 1. The zero-order valence-corrected chi connectivity index (χ0v) is 16.2. The molecule has 1 aliphatic carbocycles. The monoisotopic (exact) mass is 437 g/mol. The summed E-state index contributed by atoms with van der Waals surface area (Å²) in [4.78, 5) is 21.4. The van der Waals surface area contributed by atoms with Gasteiger partial charge in [-0.3, -0.25) is 4.79 Å². The van der Waals surface area contributed by atoms with Gasteiger partial charge in [-0.15, -0.1) is 35.3 Å². The van der Waals surface area contributed by atoms with Gasteiger partial charge >= 0.3 is 0 Å². The number of rotatable bonds is 7. The van der Waals surface area contributed by atoms with Crippen LogP contribution in [0.2, 0.25) is 0 Å². The topological polar surface area (TPSA) is 78.4 Å². The summed E-state index contributed by atoms with van der Waals surface area (Å²) in [5.74, 6) is 1.21. The number of carbonyl (C=O) groups excluding carboxylic acids is 1. The molecular weight excluding hydrogens is 413 g/mol. The van der Waals surface area contributed by atoms with Gasteiger partial charge in [0.05, 0.1) is 17.7 Å². The molecule has 1 aromatic rings. The molecule has 0 saturated heterocycles. The molecule has 0 spiro atoms. The maximum absolute atomic E-state index is 11.5. The molecule has 0 radical (unpaired) electrons. The maximum atomic E-state index is 11.5. The van der Waals surface area contributed by atoms with Crippen molar-refractivity contribution in [3.63, 3.8) is 0 Å². The van der Waals surface area contributed by atoms with E-state index in [2.05, 4.69) is 25.9 Å². The minimum absolute atomic E-state index is 0. The van der Waals surface area contributed by atoms with Crippen LogP contribution in [0.15, 0.2) is 10.5 Å². The van der Waals surface area contributed by atoms with Crippen molar-refractivity contribution in [1.29, 1.82) is 0 Å². The number of hydrogen-bond acceptors (Lipinski definition) is 4. The van der Waals surface area contributed by atoms with E-state index >= 15 is 0 Å². The van der Waals surface area contributed by atoms with Crippen molar-refractivity contribution in [2.24, 2.45) is 10.9 Å². The van der Waals surface area contributed by atoms with E-state index in [1.807, 2.05) is 19.4 Å². The second-order valence-electron chi connectivity index (χ2n) is 5.05. The third-order valence-electron chi connectivity index (χ3n) is 3.23. The second-order valence-corrected chi connectivity index (χ2v) is 5.99. The smallest absolute Gasteiger partial charge is 0.223 e. The molecular formula is C14H24IN5OS. The van der Waals surface area contributed by atoms with Crippen LogP contribution >= 0.6 is 35.3 Å². The van der Waals surface area contributed by atoms with Crippen molar-refractivity contribution in [1.82, 2.24) is 20.9 Å². The first-order valence-corrected chi connectivity index (χ1v) is 8.27. The van der Waals surface area contributed by atoms with Crippen LogP contribution < -0.4 is 16.0 Å². The number of nitrogens with one attached hydrogen (secondary N) is 3. The Morgan fingerprint density at radius 2 is 2.09 bits per heavy atom. The lowest BCUT2D eigenvalue weighted by atomic mass is 10.4. The summed E-state index contributed by atoms with van der Waals surface area (Å²) in [7, 11) is 0. The van der Waals surface area contributed by atoms with Gasteiger partial charge in [0.2, 0.25) is 5.91 Å². The van der Waals surface area contributed by atoms with Crippen molar-refractivity contribution >= 4 is 47.2 Å². The van der Waals surface area contributed by atoms with Crippen molar-refractivity contribution in [2.75, 3.05) is 19.6 Å². The lowest BCUT2D eigenvalue weighted by Crippen LogP contribution is -2.41. The minimum Gasteiger partial charge on any atom is -0.357 e. The molecule has 1 aromatic heterocycles. The molecule has 0 unspecified atom stereocenters. The van der Waals surface area contributed by atoms with Crippen LogP contribution in [0.3, 0.4) is 0 Å². The number of halogens is 1. The molecule has 1 aliphatic rings. The van der Waals surface area contributed by atoms with Crippen molar-refractivity contribution < 1.29 is 4.79 Å². The van der Waals surface area contributed by atoms with E-state index in [1.54, 1.807) is 11.3 Å². The van der Waals surface area contributed by atoms with E-state index in [0.29, 0.717) is 19.6 Å². The second kappa shape index (κ2) is 9.98. The highest BCUT2D eigenvalue weighted by Gasteiger charge is 2.28. The van der Waals surface area contributed by atoms with Gasteiger partial charge in [0.15, 0.2) is 5.96 Å². The van der Waals surface area contributed by atoms with Gasteiger partial charge < -0.3 is 16.0 Å². The minimum atomic E-state index is 0. The maximum Gasteiger partial charge on any atom is 0.223 e. The summed E-state index contributed by atoms with van der Waals surface area (Å²) >= 11 is 1.62. The summed E-state index contributed by atoms with van der Waals surface area (Å²) in [6.45, 7) is 6.76. The lowest BCUT2D eigenvalue weighted by molar-refractivity contribution is -0.122. The average molecular weight is 437 g/mol. The van der Waals surface area contributed by atoms with Crippen LogP contribution in [-0.2, 0) is 11.3 Å². The molecule has 22 heavy (non-hydrogen) atoms. The van der Waals surface area contributed by atoms with Crippen LogP contribution in [-0.4, -0.2) is 36.5 Å². The van der Waals surface area contributed by atoms with Gasteiger partial charge in [-0.05, 0) is 26.7 Å². The predicted octanol–water partition coefficient (Wildman–Crippen LogP) is 1.65. The van der Waals surface area contributed by atoms with Crippen LogP contribution in [0.25, 0.3) is 0 Å². The third kappa shape index (κ3) is 6.47. The zero-order chi connectivity index (χ0) is 15.1. The standard InChI is InChI=1S/C14H23N5OS.HI/c1-3-15-14(18-8-12-10(2)19-9-21-12)17-7-6-16-13(20)11-4-5-11;/h9,11H,3-8H2,1-2H3,(H,16,20)(H2,15,17,18);1H. The van der Waals surface area contributed by atoms with Gasteiger partial charge in [-0.25, -0.2) is 9.98 Å². The van der Waals surface area contributed by atoms with E-state index in [9.17, 15) is 4.79 Å². The first-order valence-electron chi connectivity index (χ1n) is 7.39. The number of amides is 1. The lowest BCUT2D eigenvalue weighted by Gasteiger charge is -2.11. The molecule has 1 amide bonds. The Hall–Kier alpha value is -0.900. The summed E-state index contributed by atoms with van der Waals surface area (Å²) in [5, 5.41) is 9.35. The van der Waals surface area contributed by atoms with E-state index in [0.717, 1.165) is 31.0 Å². The number of nitrogens with zero attached hydrogens (tertiary/aromatic N) is 2. The highest BCUT2D eigenvalue weighted by atomic mass is 127. The Bertz CT molecular complexity index is 501. The molecule has 0 aliphatic heterocycles. The number of aliphatic imine (C=N–C) groups is 1. The predicted molar refractivity (Wildman–Crippen MR) is 101 cm³/mol. The fourth-order valence-corrected chi connectivity index (χ4v) is 2.53. The van der Waals surface area contributed by atoms with Crippen LogP contribution in [0.1, 0.15) is 30.3 Å². The summed E-state index contributed by atoms with van der Waals surface area (Å²) < 4.78 is 0. The van der Waals surface area contributed by atoms with E-state index in [-0.39, 0.29) is 35.8 Å². The highest BCUT2D eigenvalue weighted by molar-refractivity contribution is 14.0. The fourth-order valence-electron chi connectivity index (χ4n) is 1.83. The first kappa shape index (κ1) is 19.1. The molecule has 1 fully saturated rings. The van der Waals surface area contributed by atoms with Gasteiger partial charge in [-0.1, -0.05) is 0 Å². The largest absolute Gasteiger partial charge is 0.357 e. The third-order valence-corrected chi connectivity index (χ3v) is 4.15. The Labute approximate surface area is 152 Å². The van der Waals surface area contributed by atoms with Crippen LogP contribution in [0.5, 0.6) is 0 Å². The molecule has 3 N–H and O–H groups in total. The normalized spacial score (nSPS) is 14.2. The summed E-state index contributed by atoms with van der Waals surface area (Å²) in [6, 6.07) is 0. The van der Waals surface area contributed by atoms with Crippen LogP contribution in [0.4, 0.5) is 0 Å². The molecule has 124 valence electrons. The molecule has 0 aromatic carbocycles. The Morgan fingerprint density at radius 1 is 1.36 bits per heavy atom. The van der Waals surface area contributed by atoms with Crippen molar-refractivity contribution in [3.05, 3.63) is 16.1 Å². The molecule has 0 bridgehead atoms. The van der Waals surface area contributed by atoms with Gasteiger partial charge in [0, 0.05) is 30.4 Å². The average Bonchev–Trinajstić information content (AvgIpc) is 3.24. The van der Waals surface area contributed by atoms with Gasteiger partial charge in [-0.2, -0.15) is 0 Å². The number of aromatic nitrogens is 1. The Kier molecular flexibility index (Phi) is 8.69. The van der Waals surface area contributed by atoms with E-state index in [4.69, 9.17) is 0 Å². The summed E-state index contributed by atoms with van der Waals surface area (Å²) in [5.41, 5.74) is 2.88. The van der Waals surface area contributed by atoms with Gasteiger partial charge in [0.1, 0.15) is 0 Å². The number of hydrogen-bond donors (Lipinski definition) is 3. The number of carbonyl (C=O) groups is 1. The number of thiazole rings is 1. The molecule has 2 rings (SSSR count). The van der Waals surface area contributed by atoms with Gasteiger partial charge in [0.25, 0.3) is 0 Å². The fraction of sp³-hybridized carbons (Fsp3) is 0.643. The highest BCUT2D eigenvalue weighted by Crippen LogP contribution is 2.28. The molecule has 1 saturated carbocycles. The van der Waals surface area contributed by atoms with Crippen molar-refractivity contribution in [2.45, 2.75) is 33.2 Å². The quantitative estimate of drug-likeness (QED) is 0.263. The first-order chi connectivity index (χ1) is 10.2. The Balaban J connectivity index is 0.00000242. The molecule has 0 atom stereocenters. The number of guanidine groups is 1. The van der Waals surface area contributed by atoms with Crippen LogP contribution in [0, 0.1) is 12.8 Å². The Morgan fingerprint density at radius 3 is 2.68 bits per heavy atom. The zero-order valence-electron chi connectivity index (χ0n) is 13.0. The van der Waals surface area contributed by atoms with E-state index in [1.165, 1.54) is 4.88 Å². The van der Waals surface area contributed by atoms with Crippen molar-refractivity contribution in [3.8, 4) is 0 Å². The molecule has 6 nitrogen and oxygen atoms in total. The SMILES string of the molecule is CCNC(=NCc1scnc1C)NCCNC(=O)C1CC1.I. The summed E-state index contributed by atoms with van der Waals surface area (Å²) in [6.07, 6.45) is 2.08. The molecule has 1 heterocycles. The van der Waals surface area contributed by atoms with E-state index < -0.39 is 0 Å². The molecule has 8 heteroatoms.